The molecule has 9 heterocycles. The summed E-state index contributed by atoms with van der Waals surface area (Å²) in [5.41, 5.74) is 13.9. The lowest BCUT2D eigenvalue weighted by Gasteiger charge is -2.74. The summed E-state index contributed by atoms with van der Waals surface area (Å²) in [6, 6.07) is 7.20. The van der Waals surface area contributed by atoms with E-state index in [4.69, 9.17) is 15.2 Å². The number of carbonyl (C=O) groups is 2. The van der Waals surface area contributed by atoms with Gasteiger partial charge in [-0.2, -0.15) is 0 Å². The summed E-state index contributed by atoms with van der Waals surface area (Å²) < 4.78 is 14.6. The van der Waals surface area contributed by atoms with E-state index in [2.05, 4.69) is 41.0 Å². The Bertz CT molecular complexity index is 2490. The van der Waals surface area contributed by atoms with Crippen LogP contribution >= 0.6 is 0 Å². The van der Waals surface area contributed by atoms with E-state index < -0.39 is 16.4 Å². The molecule has 356 valence electrons. The van der Waals surface area contributed by atoms with E-state index in [0.717, 1.165) is 62.9 Å². The molecule has 7 fully saturated rings. The van der Waals surface area contributed by atoms with Gasteiger partial charge in [0, 0.05) is 67.2 Å². The fraction of sp³-hybridized carbons (Fsp3) is 0.729. The molecule has 8 heteroatoms. The van der Waals surface area contributed by atoms with Crippen molar-refractivity contribution in [2.24, 2.45) is 75.2 Å². The largest absolute Gasteiger partial charge is 0.509 e. The Morgan fingerprint density at radius 2 is 1.69 bits per heavy atom. The third-order valence-electron chi connectivity index (χ3n) is 23.3. The van der Waals surface area contributed by atoms with Crippen LogP contribution in [0.2, 0.25) is 0 Å². The van der Waals surface area contributed by atoms with Gasteiger partial charge in [-0.3, -0.25) is 9.69 Å². The van der Waals surface area contributed by atoms with Crippen LogP contribution in [0.15, 0.2) is 63.8 Å². The van der Waals surface area contributed by atoms with Gasteiger partial charge >= 0.3 is 11.9 Å². The molecule has 67 heavy (non-hydrogen) atoms. The number of rotatable bonds is 5. The third-order valence-corrected chi connectivity index (χ3v) is 23.3. The summed E-state index contributed by atoms with van der Waals surface area (Å²) in [6.07, 6.45) is 28.1. The number of hydrogen-bond acceptors (Lipinski definition) is 8. The normalized spacial score (nSPS) is 45.8. The second-order valence-electron chi connectivity index (χ2n) is 25.5. The van der Waals surface area contributed by atoms with Crippen molar-refractivity contribution in [1.82, 2.24) is 9.80 Å². The summed E-state index contributed by atoms with van der Waals surface area (Å²) in [4.78, 5) is 37.6. The molecule has 4 saturated carbocycles. The first kappa shape index (κ1) is 41.4. The Balaban J connectivity index is 1.04. The van der Waals surface area contributed by atoms with E-state index in [-0.39, 0.29) is 41.0 Å². The number of aliphatic hydroxyl groups excluding tert-OH is 1. The molecule has 18 rings (SSSR count). The van der Waals surface area contributed by atoms with Gasteiger partial charge in [-0.25, -0.2) is 4.79 Å². The predicted octanol–water partition coefficient (Wildman–Crippen LogP) is 11.0. The third kappa shape index (κ3) is 4.95. The lowest BCUT2D eigenvalue weighted by Crippen LogP contribution is -2.78. The second kappa shape index (κ2) is 14.4. The van der Waals surface area contributed by atoms with Crippen LogP contribution in [0.1, 0.15) is 170 Å². The van der Waals surface area contributed by atoms with Crippen molar-refractivity contribution in [3.63, 3.8) is 0 Å². The Hall–Kier alpha value is -3.36. The van der Waals surface area contributed by atoms with Crippen molar-refractivity contribution >= 4 is 11.9 Å². The number of hydrogen-bond donors (Lipinski definition) is 2. The van der Waals surface area contributed by atoms with Crippen LogP contribution in [-0.2, 0) is 26.3 Å². The van der Waals surface area contributed by atoms with Gasteiger partial charge in [0.1, 0.15) is 11.2 Å². The van der Waals surface area contributed by atoms with Gasteiger partial charge in [-0.05, 0) is 161 Å². The van der Waals surface area contributed by atoms with E-state index in [0.29, 0.717) is 84.6 Å². The van der Waals surface area contributed by atoms with Crippen molar-refractivity contribution in [2.45, 2.75) is 172 Å². The fourth-order valence-electron chi connectivity index (χ4n) is 21.1. The summed E-state index contributed by atoms with van der Waals surface area (Å²) in [6.45, 7) is 6.52. The molecule has 14 bridgehead atoms. The monoisotopic (exact) mass is 906 g/mol. The molecular weight excluding hydrogens is 831 g/mol. The SMILES string of the molecule is CC1CC2=C3C4C5=C6C7CC14CCC7=CC(C1CCCCC1)CC1C64C(=O)OC(=C(O)CC(C6CCCCC6)N6CC7CC(C6)C(CC2)N3C7)C4(CC5)C12OC(=O)c1c(CCCN)cccc12. The molecule has 14 unspecified atom stereocenters. The van der Waals surface area contributed by atoms with E-state index in [9.17, 15) is 5.11 Å². The van der Waals surface area contributed by atoms with Crippen LogP contribution in [0.3, 0.4) is 0 Å². The quantitative estimate of drug-likeness (QED) is 0.222. The minimum absolute atomic E-state index is 0.134. The van der Waals surface area contributed by atoms with E-state index in [1.54, 1.807) is 22.4 Å². The predicted molar refractivity (Wildman–Crippen MR) is 256 cm³/mol. The van der Waals surface area contributed by atoms with Crippen LogP contribution in [0.4, 0.5) is 0 Å². The number of ether oxygens (including phenoxy) is 2. The molecule has 3 N–H and O–H groups in total. The van der Waals surface area contributed by atoms with Crippen molar-refractivity contribution < 1.29 is 24.2 Å². The molecule has 9 aliphatic heterocycles. The molecule has 1 aromatic carbocycles. The number of aliphatic hydroxyl groups is 1. The van der Waals surface area contributed by atoms with Crippen LogP contribution in [0, 0.1) is 69.5 Å². The topological polar surface area (TPSA) is 105 Å². The molecule has 17 aliphatic rings. The average Bonchev–Trinajstić information content (AvgIpc) is 3.80. The van der Waals surface area contributed by atoms with Gasteiger partial charge < -0.3 is 25.2 Å². The number of allylic oxidation sites excluding steroid dienone is 4. The standard InChI is InChI=1S/C59H75N3O5/c1-33-24-39-17-18-45-41-25-34-30-61(32-41)46(36-12-6-3-7-13-36)28-47(63)53-57-22-20-42-50-43-29-56(33,51(42)52(39)62(45)31-34)21-19-38(43)26-40(35-10-4-2-5-11-35)27-48(58(50,57)55(65)66-53)59(57)44-16-8-14-37(15-9-23-60)49(44)54(64)67-59/h8,14,16,26,33-36,40-41,43,45-46,48,51,63H,2-7,9-13,15,17-25,27-32,60H2,1H3. The molecule has 0 amide bonds. The smallest absolute Gasteiger partial charge is 0.339 e. The average molecular weight is 906 g/mol. The number of nitrogens with zero attached hydrogens (tertiary/aromatic N) is 2. The molecule has 4 spiro atoms. The molecule has 8 aliphatic carbocycles. The highest BCUT2D eigenvalue weighted by molar-refractivity contribution is 6.00. The molecule has 0 aromatic heterocycles. The molecular formula is C59H75N3O5. The van der Waals surface area contributed by atoms with Crippen LogP contribution in [-0.4, -0.2) is 65.1 Å². The first-order chi connectivity index (χ1) is 32.7. The molecule has 0 radical (unpaired) electrons. The van der Waals surface area contributed by atoms with Crippen molar-refractivity contribution in [3.05, 3.63) is 80.5 Å². The maximum absolute atomic E-state index is 16.5. The highest BCUT2D eigenvalue weighted by atomic mass is 16.6. The van der Waals surface area contributed by atoms with Gasteiger partial charge in [0.05, 0.1) is 11.0 Å². The fourth-order valence-corrected chi connectivity index (χ4v) is 21.1. The molecule has 8 nitrogen and oxygen atoms in total. The minimum atomic E-state index is -1.12. The summed E-state index contributed by atoms with van der Waals surface area (Å²) in [5.74, 6) is 3.76. The van der Waals surface area contributed by atoms with Crippen LogP contribution in [0.5, 0.6) is 0 Å². The van der Waals surface area contributed by atoms with E-state index in [1.807, 2.05) is 0 Å². The maximum Gasteiger partial charge on any atom is 0.339 e. The Morgan fingerprint density at radius 3 is 2.51 bits per heavy atom. The number of benzene rings is 1. The van der Waals surface area contributed by atoms with E-state index in [1.165, 1.54) is 102 Å². The lowest BCUT2D eigenvalue weighted by molar-refractivity contribution is -0.284. The number of nitrogens with two attached hydrogens (primary N) is 1. The van der Waals surface area contributed by atoms with E-state index >= 15 is 9.59 Å². The number of fused-ring (bicyclic) bond motifs is 3. The zero-order valence-corrected chi connectivity index (χ0v) is 40.3. The second-order valence-corrected chi connectivity index (χ2v) is 25.5. The van der Waals surface area contributed by atoms with Crippen molar-refractivity contribution in [1.29, 1.82) is 0 Å². The van der Waals surface area contributed by atoms with Crippen LogP contribution in [0.25, 0.3) is 0 Å². The zero-order valence-electron chi connectivity index (χ0n) is 40.3. The first-order valence-electron chi connectivity index (χ1n) is 28.1. The van der Waals surface area contributed by atoms with Crippen molar-refractivity contribution in [3.8, 4) is 0 Å². The Labute approximate surface area is 398 Å². The number of carbonyl (C=O) groups excluding carboxylic acids is 2. The van der Waals surface area contributed by atoms with Gasteiger partial charge in [-0.1, -0.05) is 86.4 Å². The molecule has 1 aromatic rings. The zero-order chi connectivity index (χ0) is 44.8. The molecule has 14 atom stereocenters. The van der Waals surface area contributed by atoms with Gasteiger partial charge in [0.15, 0.2) is 11.4 Å². The Morgan fingerprint density at radius 1 is 0.866 bits per heavy atom. The van der Waals surface area contributed by atoms with Gasteiger partial charge in [-0.15, -0.1) is 0 Å². The summed E-state index contributed by atoms with van der Waals surface area (Å²) >= 11 is 0. The molecule has 3 saturated heterocycles. The van der Waals surface area contributed by atoms with Gasteiger partial charge in [0.25, 0.3) is 0 Å². The highest BCUT2D eigenvalue weighted by Crippen LogP contribution is 2.89. The number of piperidine rings is 2. The maximum atomic E-state index is 16.5. The first-order valence-corrected chi connectivity index (χ1v) is 28.1. The highest BCUT2D eigenvalue weighted by Gasteiger charge is 2.94. The summed E-state index contributed by atoms with van der Waals surface area (Å²) in [5, 5.41) is 13.5. The lowest BCUT2D eigenvalue weighted by atomic mass is 9.26. The number of esters is 2. The minimum Gasteiger partial charge on any atom is -0.509 e. The number of aryl methyl sites for hydroxylation is 1. The van der Waals surface area contributed by atoms with Gasteiger partial charge in [0.2, 0.25) is 0 Å². The Kier molecular flexibility index (Phi) is 8.89. The van der Waals surface area contributed by atoms with Crippen LogP contribution < -0.4 is 5.73 Å². The van der Waals surface area contributed by atoms with Crippen molar-refractivity contribution in [2.75, 3.05) is 26.2 Å². The summed E-state index contributed by atoms with van der Waals surface area (Å²) in [7, 11) is 0.